The van der Waals surface area contributed by atoms with Crippen LogP contribution in [0.3, 0.4) is 0 Å². The molecule has 0 amide bonds. The summed E-state index contributed by atoms with van der Waals surface area (Å²) in [6.07, 6.45) is 3.29. The molecule has 0 saturated carbocycles. The fourth-order valence-corrected chi connectivity index (χ4v) is 8.03. The average Bonchev–Trinajstić information content (AvgIpc) is 2.76. The van der Waals surface area contributed by atoms with E-state index in [1.54, 1.807) is 7.11 Å². The molecule has 2 fully saturated rings. The number of carbonyl (C=O) groups excluding carboxylic acids is 1. The van der Waals surface area contributed by atoms with Gasteiger partial charge in [-0.15, -0.1) is 23.5 Å². The molecule has 2 heterocycles. The Morgan fingerprint density at radius 2 is 1.87 bits per heavy atom. The van der Waals surface area contributed by atoms with E-state index in [-0.39, 0.29) is 27.7 Å². The molecule has 1 aromatic carbocycles. The average molecular weight is 455 g/mol. The molecule has 168 valence electrons. The summed E-state index contributed by atoms with van der Waals surface area (Å²) in [4.78, 5) is 12.1. The predicted molar refractivity (Wildman–Crippen MR) is 123 cm³/mol. The van der Waals surface area contributed by atoms with Crippen molar-refractivity contribution in [3.05, 3.63) is 29.8 Å². The van der Waals surface area contributed by atoms with Crippen molar-refractivity contribution in [1.82, 2.24) is 0 Å². The van der Waals surface area contributed by atoms with Crippen LogP contribution in [0.1, 0.15) is 45.1 Å². The number of thioether (sulfide) groups is 2. The van der Waals surface area contributed by atoms with Crippen LogP contribution in [0.5, 0.6) is 5.75 Å². The topological polar surface area (TPSA) is 54.0 Å². The van der Waals surface area contributed by atoms with Crippen molar-refractivity contribution in [2.75, 3.05) is 32.3 Å². The van der Waals surface area contributed by atoms with E-state index in [0.717, 1.165) is 24.2 Å². The van der Waals surface area contributed by atoms with Crippen LogP contribution in [0.15, 0.2) is 24.3 Å². The molecule has 30 heavy (non-hydrogen) atoms. The maximum absolute atomic E-state index is 12.1. The van der Waals surface area contributed by atoms with E-state index in [4.69, 9.17) is 18.9 Å². The van der Waals surface area contributed by atoms with E-state index in [0.29, 0.717) is 19.6 Å². The lowest BCUT2D eigenvalue weighted by Gasteiger charge is -2.56. The van der Waals surface area contributed by atoms with E-state index >= 15 is 0 Å². The van der Waals surface area contributed by atoms with Gasteiger partial charge >= 0.3 is 5.97 Å². The zero-order chi connectivity index (χ0) is 21.6. The lowest BCUT2D eigenvalue weighted by molar-refractivity contribution is -0.159. The summed E-state index contributed by atoms with van der Waals surface area (Å²) in [5, 5.41) is 0. The van der Waals surface area contributed by atoms with Gasteiger partial charge in [0, 0.05) is 12.0 Å². The summed E-state index contributed by atoms with van der Waals surface area (Å²) < 4.78 is 22.6. The van der Waals surface area contributed by atoms with E-state index in [9.17, 15) is 4.79 Å². The highest BCUT2D eigenvalue weighted by molar-refractivity contribution is 8.18. The van der Waals surface area contributed by atoms with Crippen molar-refractivity contribution < 1.29 is 23.7 Å². The molecule has 0 aliphatic carbocycles. The van der Waals surface area contributed by atoms with Crippen molar-refractivity contribution in [3.8, 4) is 5.75 Å². The SMILES string of the molecule is COC(=O)C[C@@H]1O[C@H](CCOCc2ccc(OC)cc2)CC2(SCCCS2)C1(C)C. The number of carbonyl (C=O) groups is 1. The minimum Gasteiger partial charge on any atom is -0.497 e. The Morgan fingerprint density at radius 3 is 2.50 bits per heavy atom. The number of rotatable bonds is 8. The smallest absolute Gasteiger partial charge is 0.308 e. The van der Waals surface area contributed by atoms with Crippen LogP contribution in [0, 0.1) is 5.41 Å². The van der Waals surface area contributed by atoms with Crippen LogP contribution < -0.4 is 4.74 Å². The third-order valence-electron chi connectivity index (χ3n) is 6.19. The summed E-state index contributed by atoms with van der Waals surface area (Å²) in [6.45, 7) is 5.71. The van der Waals surface area contributed by atoms with Gasteiger partial charge in [-0.3, -0.25) is 4.79 Å². The second-order valence-corrected chi connectivity index (χ2v) is 11.5. The molecule has 2 aliphatic heterocycles. The van der Waals surface area contributed by atoms with Gasteiger partial charge in [-0.1, -0.05) is 26.0 Å². The summed E-state index contributed by atoms with van der Waals surface area (Å²) in [7, 11) is 3.11. The fourth-order valence-electron chi connectivity index (χ4n) is 4.16. The second kappa shape index (κ2) is 10.6. The second-order valence-electron chi connectivity index (χ2n) is 8.45. The third-order valence-corrected chi connectivity index (χ3v) is 10.2. The van der Waals surface area contributed by atoms with E-state index in [2.05, 4.69) is 37.4 Å². The largest absolute Gasteiger partial charge is 0.497 e. The van der Waals surface area contributed by atoms with E-state index in [1.165, 1.54) is 25.0 Å². The summed E-state index contributed by atoms with van der Waals surface area (Å²) in [6, 6.07) is 7.94. The molecule has 0 aromatic heterocycles. The molecule has 1 spiro atoms. The van der Waals surface area contributed by atoms with Gasteiger partial charge in [-0.2, -0.15) is 0 Å². The van der Waals surface area contributed by atoms with Crippen molar-refractivity contribution in [2.45, 2.75) is 62.4 Å². The van der Waals surface area contributed by atoms with Gasteiger partial charge in [-0.25, -0.2) is 0 Å². The first kappa shape index (κ1) is 23.8. The van der Waals surface area contributed by atoms with Crippen LogP contribution in [0.4, 0.5) is 0 Å². The summed E-state index contributed by atoms with van der Waals surface area (Å²) in [5.74, 6) is 2.98. The van der Waals surface area contributed by atoms with Gasteiger partial charge in [0.1, 0.15) is 5.75 Å². The van der Waals surface area contributed by atoms with Crippen molar-refractivity contribution in [3.63, 3.8) is 0 Å². The van der Waals surface area contributed by atoms with Crippen LogP contribution in [-0.2, 0) is 25.6 Å². The first-order chi connectivity index (χ1) is 14.4. The third kappa shape index (κ3) is 5.47. The number of hydrogen-bond acceptors (Lipinski definition) is 7. The van der Waals surface area contributed by atoms with Gasteiger partial charge < -0.3 is 18.9 Å². The molecule has 2 atom stereocenters. The maximum atomic E-state index is 12.1. The monoisotopic (exact) mass is 454 g/mol. The molecular weight excluding hydrogens is 420 g/mol. The predicted octanol–water partition coefficient (Wildman–Crippen LogP) is 4.92. The Hall–Kier alpha value is -0.890. The number of benzene rings is 1. The molecule has 5 nitrogen and oxygen atoms in total. The Morgan fingerprint density at radius 1 is 1.17 bits per heavy atom. The highest BCUT2D eigenvalue weighted by Gasteiger charge is 2.56. The molecule has 2 aliphatic rings. The van der Waals surface area contributed by atoms with Crippen LogP contribution in [-0.4, -0.2) is 54.6 Å². The van der Waals surface area contributed by atoms with Crippen LogP contribution >= 0.6 is 23.5 Å². The number of ether oxygens (including phenoxy) is 4. The highest BCUT2D eigenvalue weighted by atomic mass is 32.2. The molecule has 3 rings (SSSR count). The van der Waals surface area contributed by atoms with Gasteiger partial charge in [0.05, 0.1) is 43.5 Å². The molecule has 0 unspecified atom stereocenters. The van der Waals surface area contributed by atoms with Gasteiger partial charge in [0.2, 0.25) is 0 Å². The highest BCUT2D eigenvalue weighted by Crippen LogP contribution is 2.61. The Labute approximate surface area is 188 Å². The summed E-state index contributed by atoms with van der Waals surface area (Å²) >= 11 is 4.11. The Bertz CT molecular complexity index is 685. The van der Waals surface area contributed by atoms with Crippen LogP contribution in [0.2, 0.25) is 0 Å². The van der Waals surface area contributed by atoms with Crippen molar-refractivity contribution in [2.24, 2.45) is 5.41 Å². The Balaban J connectivity index is 1.59. The minimum atomic E-state index is -0.203. The van der Waals surface area contributed by atoms with Gasteiger partial charge in [-0.05, 0) is 48.5 Å². The molecule has 7 heteroatoms. The zero-order valence-corrected chi connectivity index (χ0v) is 20.1. The minimum absolute atomic E-state index is 0.0723. The van der Waals surface area contributed by atoms with Crippen molar-refractivity contribution in [1.29, 1.82) is 0 Å². The maximum Gasteiger partial charge on any atom is 0.308 e. The van der Waals surface area contributed by atoms with E-state index in [1.807, 2.05) is 24.3 Å². The molecule has 2 saturated heterocycles. The first-order valence-corrected chi connectivity index (χ1v) is 12.6. The van der Waals surface area contributed by atoms with Crippen LogP contribution in [0.25, 0.3) is 0 Å². The lowest BCUT2D eigenvalue weighted by atomic mass is 9.76. The van der Waals surface area contributed by atoms with Crippen molar-refractivity contribution >= 4 is 29.5 Å². The number of methoxy groups -OCH3 is 2. The molecule has 0 N–H and O–H groups in total. The molecule has 1 aromatic rings. The molecule has 0 bridgehead atoms. The zero-order valence-electron chi connectivity index (χ0n) is 18.5. The normalized spacial score (nSPS) is 25.1. The quantitative estimate of drug-likeness (QED) is 0.408. The number of hydrogen-bond donors (Lipinski definition) is 0. The standard InChI is InChI=1S/C23H34O5S2/c1-22(2)20(14-21(24)26-4)28-19(15-23(22)29-12-5-13-30-23)10-11-27-16-17-6-8-18(25-3)9-7-17/h6-9,19-20H,5,10-16H2,1-4H3/t19-,20+/m1/s1. The lowest BCUT2D eigenvalue weighted by Crippen LogP contribution is -2.57. The van der Waals surface area contributed by atoms with Gasteiger partial charge in [0.15, 0.2) is 0 Å². The number of esters is 1. The summed E-state index contributed by atoms with van der Waals surface area (Å²) in [5.41, 5.74) is 1.01. The Kier molecular flexibility index (Phi) is 8.41. The molecule has 0 radical (unpaired) electrons. The fraction of sp³-hybridized carbons (Fsp3) is 0.696. The first-order valence-electron chi connectivity index (χ1n) is 10.6. The van der Waals surface area contributed by atoms with E-state index < -0.39 is 0 Å². The molecular formula is C23H34O5S2. The van der Waals surface area contributed by atoms with Gasteiger partial charge in [0.25, 0.3) is 0 Å².